The lowest BCUT2D eigenvalue weighted by Gasteiger charge is -2.09. The Balaban J connectivity index is 2.24. The predicted octanol–water partition coefficient (Wildman–Crippen LogP) is 0.306. The van der Waals surface area contributed by atoms with Crippen LogP contribution < -0.4 is 10.5 Å². The number of ether oxygens (including phenoxy) is 1. The second kappa shape index (κ2) is 4.80. The van der Waals surface area contributed by atoms with Crippen LogP contribution in [-0.2, 0) is 14.8 Å². The molecular formula is C8H11N3O5S2. The third-order valence-corrected chi connectivity index (χ3v) is 5.38. The number of nitro groups is 1. The molecule has 1 atom stereocenters. The van der Waals surface area contributed by atoms with Gasteiger partial charge in [0.15, 0.2) is 5.00 Å². The molecule has 1 aliphatic rings. The quantitative estimate of drug-likeness (QED) is 0.608. The van der Waals surface area contributed by atoms with E-state index < -0.39 is 14.9 Å². The molecule has 0 bridgehead atoms. The number of nitrogen functional groups attached to an aromatic ring is 1. The van der Waals surface area contributed by atoms with E-state index in [0.717, 1.165) is 6.07 Å². The number of hydrogen-bond donors (Lipinski definition) is 2. The summed E-state index contributed by atoms with van der Waals surface area (Å²) in [5, 5.41) is 10.5. The van der Waals surface area contributed by atoms with Crippen molar-refractivity contribution in [2.24, 2.45) is 0 Å². The monoisotopic (exact) mass is 293 g/mol. The van der Waals surface area contributed by atoms with Gasteiger partial charge in [0, 0.05) is 18.7 Å². The van der Waals surface area contributed by atoms with E-state index in [0.29, 0.717) is 31.0 Å². The fourth-order valence-corrected chi connectivity index (χ4v) is 4.04. The summed E-state index contributed by atoms with van der Waals surface area (Å²) in [5.74, 6) is 0. The summed E-state index contributed by atoms with van der Waals surface area (Å²) in [7, 11) is -3.77. The van der Waals surface area contributed by atoms with Crippen LogP contribution in [0.2, 0.25) is 0 Å². The summed E-state index contributed by atoms with van der Waals surface area (Å²) >= 11 is 0.678. The van der Waals surface area contributed by atoms with E-state index in [1.165, 1.54) is 0 Å². The summed E-state index contributed by atoms with van der Waals surface area (Å²) in [4.78, 5) is 9.90. The number of nitrogens with two attached hydrogens (primary N) is 1. The zero-order chi connectivity index (χ0) is 13.3. The molecule has 2 rings (SSSR count). The van der Waals surface area contributed by atoms with Crippen LogP contribution in [0.1, 0.15) is 6.42 Å². The topological polar surface area (TPSA) is 125 Å². The Morgan fingerprint density at radius 3 is 2.83 bits per heavy atom. The first-order valence-corrected chi connectivity index (χ1v) is 7.34. The van der Waals surface area contributed by atoms with Crippen LogP contribution in [0.3, 0.4) is 0 Å². The number of thiophene rings is 1. The first kappa shape index (κ1) is 13.2. The highest BCUT2D eigenvalue weighted by Gasteiger charge is 2.28. The molecule has 1 fully saturated rings. The maximum Gasteiger partial charge on any atom is 0.304 e. The van der Waals surface area contributed by atoms with Crippen LogP contribution in [0.4, 0.5) is 10.7 Å². The molecule has 3 N–H and O–H groups in total. The predicted molar refractivity (Wildman–Crippen MR) is 64.9 cm³/mol. The van der Waals surface area contributed by atoms with Gasteiger partial charge in [-0.05, 0) is 6.42 Å². The van der Waals surface area contributed by atoms with E-state index in [9.17, 15) is 18.5 Å². The molecule has 0 saturated carbocycles. The molecule has 0 radical (unpaired) electrons. The molecule has 0 aromatic carbocycles. The Kier molecular flexibility index (Phi) is 3.52. The van der Waals surface area contributed by atoms with Gasteiger partial charge in [-0.1, -0.05) is 11.3 Å². The van der Waals surface area contributed by atoms with Crippen molar-refractivity contribution in [1.29, 1.82) is 0 Å². The van der Waals surface area contributed by atoms with E-state index in [2.05, 4.69) is 4.72 Å². The summed E-state index contributed by atoms with van der Waals surface area (Å²) in [6.07, 6.45) is 0.585. The van der Waals surface area contributed by atoms with Crippen molar-refractivity contribution in [2.75, 3.05) is 18.9 Å². The van der Waals surface area contributed by atoms with E-state index >= 15 is 0 Å². The molecule has 1 aromatic rings. The van der Waals surface area contributed by atoms with Crippen LogP contribution in [-0.4, -0.2) is 32.6 Å². The fourth-order valence-electron chi connectivity index (χ4n) is 1.55. The molecule has 0 aliphatic carbocycles. The van der Waals surface area contributed by atoms with Gasteiger partial charge in [-0.3, -0.25) is 10.1 Å². The molecule has 1 aromatic heterocycles. The van der Waals surface area contributed by atoms with E-state index in [1.54, 1.807) is 0 Å². The zero-order valence-corrected chi connectivity index (χ0v) is 10.8. The van der Waals surface area contributed by atoms with Crippen molar-refractivity contribution < 1.29 is 18.1 Å². The largest absolute Gasteiger partial charge is 0.385 e. The van der Waals surface area contributed by atoms with Gasteiger partial charge in [-0.15, -0.1) is 0 Å². The average Bonchev–Trinajstić information content (AvgIpc) is 2.86. The van der Waals surface area contributed by atoms with Crippen molar-refractivity contribution in [2.45, 2.75) is 16.7 Å². The Labute approximate surface area is 107 Å². The molecule has 10 heteroatoms. The first-order chi connectivity index (χ1) is 8.40. The number of nitrogens with one attached hydrogen (secondary N) is 1. The molecule has 100 valence electrons. The lowest BCUT2D eigenvalue weighted by molar-refractivity contribution is -0.383. The molecule has 18 heavy (non-hydrogen) atoms. The third-order valence-electron chi connectivity index (χ3n) is 2.43. The standard InChI is InChI=1S/C8H11N3O5S2/c9-8-6(11(12)13)3-7(17-8)18(14,15)10-5-1-2-16-4-5/h3,5,10H,1-2,4,9H2. The Hall–Kier alpha value is -1.23. The van der Waals surface area contributed by atoms with Gasteiger partial charge in [-0.25, -0.2) is 13.1 Å². The molecular weight excluding hydrogens is 282 g/mol. The minimum absolute atomic E-state index is 0.122. The molecule has 1 unspecified atom stereocenters. The number of anilines is 1. The van der Waals surface area contributed by atoms with Crippen molar-refractivity contribution in [1.82, 2.24) is 4.72 Å². The van der Waals surface area contributed by atoms with Crippen LogP contribution in [0.5, 0.6) is 0 Å². The number of rotatable bonds is 4. The molecule has 0 amide bonds. The second-order valence-corrected chi connectivity index (χ2v) is 6.78. The summed E-state index contributed by atoms with van der Waals surface area (Å²) < 4.78 is 31.2. The lowest BCUT2D eigenvalue weighted by atomic mass is 10.3. The Morgan fingerprint density at radius 2 is 2.33 bits per heavy atom. The lowest BCUT2D eigenvalue weighted by Crippen LogP contribution is -2.34. The number of hydrogen-bond acceptors (Lipinski definition) is 7. The second-order valence-electron chi connectivity index (χ2n) is 3.75. The minimum atomic E-state index is -3.77. The van der Waals surface area contributed by atoms with Crippen LogP contribution in [0.25, 0.3) is 0 Å². The van der Waals surface area contributed by atoms with Gasteiger partial charge in [0.25, 0.3) is 10.0 Å². The Morgan fingerprint density at radius 1 is 1.61 bits per heavy atom. The van der Waals surface area contributed by atoms with Crippen LogP contribution in [0, 0.1) is 10.1 Å². The third kappa shape index (κ3) is 2.61. The first-order valence-electron chi connectivity index (χ1n) is 5.04. The summed E-state index contributed by atoms with van der Waals surface area (Å²) in [5.41, 5.74) is 5.02. The normalized spacial score (nSPS) is 20.1. The molecule has 2 heterocycles. The average molecular weight is 293 g/mol. The van der Waals surface area contributed by atoms with Gasteiger partial charge in [0.1, 0.15) is 4.21 Å². The maximum atomic E-state index is 11.9. The SMILES string of the molecule is Nc1sc(S(=O)(=O)NC2CCOC2)cc1[N+](=O)[O-]. The van der Waals surface area contributed by atoms with Crippen molar-refractivity contribution in [3.63, 3.8) is 0 Å². The van der Waals surface area contributed by atoms with Crippen LogP contribution >= 0.6 is 11.3 Å². The summed E-state index contributed by atoms with van der Waals surface area (Å²) in [6, 6.07) is 0.676. The number of nitrogens with zero attached hydrogens (tertiary/aromatic N) is 1. The fraction of sp³-hybridized carbons (Fsp3) is 0.500. The van der Waals surface area contributed by atoms with Gasteiger partial charge < -0.3 is 10.5 Å². The highest BCUT2D eigenvalue weighted by Crippen LogP contribution is 2.34. The van der Waals surface area contributed by atoms with E-state index in [4.69, 9.17) is 10.5 Å². The Bertz CT molecular complexity index is 561. The van der Waals surface area contributed by atoms with Crippen molar-refractivity contribution in [3.05, 3.63) is 16.2 Å². The van der Waals surface area contributed by atoms with E-state index in [1.807, 2.05) is 0 Å². The van der Waals surface area contributed by atoms with Gasteiger partial charge in [0.2, 0.25) is 0 Å². The van der Waals surface area contributed by atoms with Gasteiger partial charge in [-0.2, -0.15) is 0 Å². The van der Waals surface area contributed by atoms with E-state index in [-0.39, 0.29) is 20.9 Å². The highest BCUT2D eigenvalue weighted by atomic mass is 32.2. The molecule has 1 saturated heterocycles. The molecule has 0 spiro atoms. The summed E-state index contributed by atoms with van der Waals surface area (Å²) in [6.45, 7) is 0.808. The van der Waals surface area contributed by atoms with Crippen molar-refractivity contribution >= 4 is 32.0 Å². The molecule has 1 aliphatic heterocycles. The minimum Gasteiger partial charge on any atom is -0.385 e. The maximum absolute atomic E-state index is 11.9. The smallest absolute Gasteiger partial charge is 0.304 e. The highest BCUT2D eigenvalue weighted by molar-refractivity contribution is 7.91. The van der Waals surface area contributed by atoms with Gasteiger partial charge >= 0.3 is 5.69 Å². The van der Waals surface area contributed by atoms with Crippen LogP contribution in [0.15, 0.2) is 10.3 Å². The number of sulfonamides is 1. The zero-order valence-electron chi connectivity index (χ0n) is 9.16. The molecule has 8 nitrogen and oxygen atoms in total. The van der Waals surface area contributed by atoms with Crippen molar-refractivity contribution in [3.8, 4) is 0 Å². The van der Waals surface area contributed by atoms with Gasteiger partial charge in [0.05, 0.1) is 11.5 Å².